The molecule has 0 saturated carbocycles. The topological polar surface area (TPSA) is 26.9 Å². The standard InChI is InChI=1S/C13H16N2O/c1-9-5-4-8-15-12-10(9)6-3-7-11(12)14(2)13(15)16/h3,6-7,9H,4-5,8H2,1-2H3. The largest absolute Gasteiger partial charge is 0.328 e. The van der Waals surface area contributed by atoms with Crippen molar-refractivity contribution in [1.82, 2.24) is 9.13 Å². The Morgan fingerprint density at radius 1 is 1.38 bits per heavy atom. The predicted octanol–water partition coefficient (Wildman–Crippen LogP) is 2.24. The molecule has 0 bridgehead atoms. The Morgan fingerprint density at radius 2 is 2.19 bits per heavy atom. The number of rotatable bonds is 0. The summed E-state index contributed by atoms with van der Waals surface area (Å²) < 4.78 is 3.70. The van der Waals surface area contributed by atoms with Crippen molar-refractivity contribution < 1.29 is 0 Å². The van der Waals surface area contributed by atoms with Gasteiger partial charge in [-0.15, -0.1) is 0 Å². The van der Waals surface area contributed by atoms with E-state index in [1.165, 1.54) is 12.0 Å². The van der Waals surface area contributed by atoms with Crippen LogP contribution in [0.5, 0.6) is 0 Å². The summed E-state index contributed by atoms with van der Waals surface area (Å²) in [6.45, 7) is 3.11. The number of para-hydroxylation sites is 1. The van der Waals surface area contributed by atoms with Gasteiger partial charge in [0, 0.05) is 13.6 Å². The molecule has 3 nitrogen and oxygen atoms in total. The molecule has 2 heterocycles. The average molecular weight is 216 g/mol. The summed E-state index contributed by atoms with van der Waals surface area (Å²) in [4.78, 5) is 12.1. The zero-order valence-electron chi connectivity index (χ0n) is 9.73. The first kappa shape index (κ1) is 9.70. The third-order valence-electron chi connectivity index (χ3n) is 3.74. The molecule has 3 rings (SSSR count). The van der Waals surface area contributed by atoms with Crippen LogP contribution in [0.3, 0.4) is 0 Å². The van der Waals surface area contributed by atoms with Gasteiger partial charge in [-0.3, -0.25) is 9.13 Å². The lowest BCUT2D eigenvalue weighted by atomic mass is 9.96. The molecule has 1 aromatic carbocycles. The maximum atomic E-state index is 12.1. The SMILES string of the molecule is CC1CCCn2c(=O)n(C)c3cccc1c32. The normalized spacial score (nSPS) is 20.0. The maximum absolute atomic E-state index is 12.1. The van der Waals surface area contributed by atoms with Gasteiger partial charge >= 0.3 is 5.69 Å². The molecule has 1 unspecified atom stereocenters. The molecule has 2 aromatic rings. The minimum Gasteiger partial charge on any atom is -0.295 e. The lowest BCUT2D eigenvalue weighted by molar-refractivity contribution is 0.577. The summed E-state index contributed by atoms with van der Waals surface area (Å²) in [6.07, 6.45) is 2.26. The number of aromatic nitrogens is 2. The van der Waals surface area contributed by atoms with Crippen LogP contribution in [0.25, 0.3) is 11.0 Å². The van der Waals surface area contributed by atoms with E-state index in [1.54, 1.807) is 4.57 Å². The van der Waals surface area contributed by atoms with Crippen molar-refractivity contribution in [2.24, 2.45) is 7.05 Å². The summed E-state index contributed by atoms with van der Waals surface area (Å²) in [7, 11) is 1.86. The van der Waals surface area contributed by atoms with Crippen LogP contribution in [0.1, 0.15) is 31.2 Å². The summed E-state index contributed by atoms with van der Waals surface area (Å²) in [5.74, 6) is 0.555. The van der Waals surface area contributed by atoms with E-state index in [1.807, 2.05) is 17.7 Å². The van der Waals surface area contributed by atoms with Crippen LogP contribution in [0, 0.1) is 0 Å². The van der Waals surface area contributed by atoms with Gasteiger partial charge in [0.1, 0.15) is 0 Å². The first-order chi connectivity index (χ1) is 7.70. The second-order valence-electron chi connectivity index (χ2n) is 4.75. The van der Waals surface area contributed by atoms with Crippen molar-refractivity contribution in [2.75, 3.05) is 0 Å². The number of hydrogen-bond donors (Lipinski definition) is 0. The zero-order chi connectivity index (χ0) is 11.3. The molecular formula is C13H16N2O. The van der Waals surface area contributed by atoms with Gasteiger partial charge in [0.25, 0.3) is 0 Å². The summed E-state index contributed by atoms with van der Waals surface area (Å²) in [6, 6.07) is 6.26. The van der Waals surface area contributed by atoms with Crippen molar-refractivity contribution in [3.8, 4) is 0 Å². The number of aryl methyl sites for hydroxylation is 2. The van der Waals surface area contributed by atoms with Crippen molar-refractivity contribution in [3.63, 3.8) is 0 Å². The minimum absolute atomic E-state index is 0.122. The number of benzene rings is 1. The Labute approximate surface area is 94.3 Å². The molecule has 0 radical (unpaired) electrons. The van der Waals surface area contributed by atoms with Crippen molar-refractivity contribution in [3.05, 3.63) is 34.2 Å². The highest BCUT2D eigenvalue weighted by Crippen LogP contribution is 2.30. The molecule has 1 aliphatic heterocycles. The van der Waals surface area contributed by atoms with E-state index in [9.17, 15) is 4.79 Å². The van der Waals surface area contributed by atoms with Gasteiger partial charge in [0.05, 0.1) is 11.0 Å². The minimum atomic E-state index is 0.122. The highest BCUT2D eigenvalue weighted by molar-refractivity contribution is 5.80. The number of nitrogens with zero attached hydrogens (tertiary/aromatic N) is 2. The van der Waals surface area contributed by atoms with E-state index in [-0.39, 0.29) is 5.69 Å². The van der Waals surface area contributed by atoms with Crippen LogP contribution in [-0.4, -0.2) is 9.13 Å². The molecule has 0 N–H and O–H groups in total. The fourth-order valence-electron chi connectivity index (χ4n) is 2.81. The summed E-state index contributed by atoms with van der Waals surface area (Å²) >= 11 is 0. The molecule has 0 saturated heterocycles. The molecule has 3 heteroatoms. The first-order valence-electron chi connectivity index (χ1n) is 5.88. The lowest BCUT2D eigenvalue weighted by Crippen LogP contribution is -2.21. The maximum Gasteiger partial charge on any atom is 0.328 e. The monoisotopic (exact) mass is 216 g/mol. The molecule has 0 aliphatic carbocycles. The number of hydrogen-bond acceptors (Lipinski definition) is 1. The van der Waals surface area contributed by atoms with Gasteiger partial charge < -0.3 is 0 Å². The zero-order valence-corrected chi connectivity index (χ0v) is 9.73. The first-order valence-corrected chi connectivity index (χ1v) is 5.88. The Morgan fingerprint density at radius 3 is 3.00 bits per heavy atom. The van der Waals surface area contributed by atoms with Crippen LogP contribution in [0.2, 0.25) is 0 Å². The molecule has 0 spiro atoms. The third kappa shape index (κ3) is 1.11. The fraction of sp³-hybridized carbons (Fsp3) is 0.462. The Kier molecular flexibility index (Phi) is 1.96. The smallest absolute Gasteiger partial charge is 0.295 e. The van der Waals surface area contributed by atoms with Crippen molar-refractivity contribution in [2.45, 2.75) is 32.2 Å². The summed E-state index contributed by atoms with van der Waals surface area (Å²) in [5, 5.41) is 0. The highest BCUT2D eigenvalue weighted by Gasteiger charge is 2.20. The second-order valence-corrected chi connectivity index (χ2v) is 4.75. The predicted molar refractivity (Wildman–Crippen MR) is 64.8 cm³/mol. The Balaban J connectivity index is 2.51. The Bertz CT molecular complexity index is 606. The van der Waals surface area contributed by atoms with Crippen LogP contribution >= 0.6 is 0 Å². The van der Waals surface area contributed by atoms with Gasteiger partial charge in [0.2, 0.25) is 0 Å². The third-order valence-corrected chi connectivity index (χ3v) is 3.74. The lowest BCUT2D eigenvalue weighted by Gasteiger charge is -2.09. The van der Waals surface area contributed by atoms with E-state index >= 15 is 0 Å². The van der Waals surface area contributed by atoms with Crippen molar-refractivity contribution >= 4 is 11.0 Å². The summed E-state index contributed by atoms with van der Waals surface area (Å²) in [5.41, 5.74) is 3.67. The molecule has 1 aliphatic rings. The van der Waals surface area contributed by atoms with E-state index < -0.39 is 0 Å². The molecule has 0 fully saturated rings. The molecule has 0 amide bonds. The highest BCUT2D eigenvalue weighted by atomic mass is 16.1. The van der Waals surface area contributed by atoms with E-state index in [4.69, 9.17) is 0 Å². The van der Waals surface area contributed by atoms with Crippen LogP contribution in [0.4, 0.5) is 0 Å². The van der Waals surface area contributed by atoms with E-state index in [2.05, 4.69) is 19.1 Å². The second kappa shape index (κ2) is 3.24. The number of imidazole rings is 1. The van der Waals surface area contributed by atoms with Gasteiger partial charge in [-0.05, 0) is 30.4 Å². The molecule has 16 heavy (non-hydrogen) atoms. The van der Waals surface area contributed by atoms with Gasteiger partial charge in [-0.2, -0.15) is 0 Å². The van der Waals surface area contributed by atoms with Crippen LogP contribution < -0.4 is 5.69 Å². The van der Waals surface area contributed by atoms with Crippen LogP contribution in [-0.2, 0) is 13.6 Å². The van der Waals surface area contributed by atoms with Crippen LogP contribution in [0.15, 0.2) is 23.0 Å². The van der Waals surface area contributed by atoms with Gasteiger partial charge in [-0.25, -0.2) is 4.79 Å². The van der Waals surface area contributed by atoms with Gasteiger partial charge in [0.15, 0.2) is 0 Å². The van der Waals surface area contributed by atoms with E-state index in [0.29, 0.717) is 5.92 Å². The quantitative estimate of drug-likeness (QED) is 0.663. The van der Waals surface area contributed by atoms with Crippen molar-refractivity contribution in [1.29, 1.82) is 0 Å². The molecule has 1 atom stereocenters. The fourth-order valence-corrected chi connectivity index (χ4v) is 2.81. The molecular weight excluding hydrogens is 200 g/mol. The average Bonchev–Trinajstić information content (AvgIpc) is 2.47. The molecule has 84 valence electrons. The Hall–Kier alpha value is -1.51. The van der Waals surface area contributed by atoms with E-state index in [0.717, 1.165) is 24.0 Å². The van der Waals surface area contributed by atoms with Gasteiger partial charge in [-0.1, -0.05) is 19.1 Å². The molecule has 1 aromatic heterocycles.